The van der Waals surface area contributed by atoms with Crippen molar-refractivity contribution in [2.45, 2.75) is 59.0 Å². The molecule has 0 radical (unpaired) electrons. The number of halogens is 2. The van der Waals surface area contributed by atoms with E-state index in [1.54, 1.807) is 40.9 Å². The second kappa shape index (κ2) is 9.28. The minimum absolute atomic E-state index is 0.127. The molecule has 1 aromatic carbocycles. The number of fused-ring (bicyclic) bond motifs is 2. The fourth-order valence-corrected chi connectivity index (χ4v) is 4.91. The highest BCUT2D eigenvalue weighted by Gasteiger charge is 2.28. The molecular formula is C28H31F2N5O2. The lowest BCUT2D eigenvalue weighted by Crippen LogP contribution is -2.41. The van der Waals surface area contributed by atoms with Gasteiger partial charge >= 0.3 is 6.09 Å². The van der Waals surface area contributed by atoms with E-state index in [9.17, 15) is 9.18 Å². The van der Waals surface area contributed by atoms with Crippen LogP contribution >= 0.6 is 0 Å². The third kappa shape index (κ3) is 5.08. The fraction of sp³-hybridized carbons (Fsp3) is 0.393. The van der Waals surface area contributed by atoms with Gasteiger partial charge in [0.2, 0.25) is 0 Å². The molecule has 1 aliphatic heterocycles. The fourth-order valence-electron chi connectivity index (χ4n) is 4.91. The molecular weight excluding hydrogens is 476 g/mol. The van der Waals surface area contributed by atoms with Gasteiger partial charge < -0.3 is 19.4 Å². The highest BCUT2D eigenvalue weighted by Crippen LogP contribution is 2.36. The highest BCUT2D eigenvalue weighted by atomic mass is 19.1. The van der Waals surface area contributed by atoms with Crippen molar-refractivity contribution in [3.05, 3.63) is 65.2 Å². The van der Waals surface area contributed by atoms with Gasteiger partial charge in [0.1, 0.15) is 17.2 Å². The molecule has 0 atom stereocenters. The molecule has 9 heteroatoms. The Balaban J connectivity index is 1.41. The van der Waals surface area contributed by atoms with Crippen molar-refractivity contribution < 1.29 is 18.3 Å². The molecule has 1 N–H and O–H groups in total. The van der Waals surface area contributed by atoms with Crippen LogP contribution in [-0.2, 0) is 4.74 Å². The minimum Gasteiger partial charge on any atom is -0.444 e. The molecule has 3 aromatic heterocycles. The lowest BCUT2D eigenvalue weighted by atomic mass is 9.88. The van der Waals surface area contributed by atoms with Gasteiger partial charge in [-0.1, -0.05) is 6.07 Å². The van der Waals surface area contributed by atoms with Crippen LogP contribution in [0.5, 0.6) is 0 Å². The van der Waals surface area contributed by atoms with E-state index in [0.29, 0.717) is 35.7 Å². The number of carbonyl (C=O) groups is 1. The largest absolute Gasteiger partial charge is 0.444 e. The number of pyridine rings is 2. The smallest absolute Gasteiger partial charge is 0.410 e. The van der Waals surface area contributed by atoms with Crippen molar-refractivity contribution in [1.29, 1.82) is 0 Å². The van der Waals surface area contributed by atoms with Crippen LogP contribution in [0.15, 0.2) is 36.8 Å². The standard InChI is InChI=1S/C28H31F2N5O2/c1-16-13-31-25(33-20-12-23(30)26-32-17(2)14-35(26)15-20)24-21(16)10-19(11-22(24)29)18-6-8-34(9-7-18)27(36)37-28(3,4)5/h10-15,18H,6-9H2,1-5H3,(H,31,33). The lowest BCUT2D eigenvalue weighted by molar-refractivity contribution is 0.0204. The number of piperidine rings is 1. The van der Waals surface area contributed by atoms with E-state index in [2.05, 4.69) is 15.3 Å². The number of ether oxygens (including phenoxy) is 1. The zero-order valence-electron chi connectivity index (χ0n) is 21.7. The Morgan fingerprint density at radius 1 is 1.08 bits per heavy atom. The number of likely N-dealkylation sites (tertiary alicyclic amines) is 1. The topological polar surface area (TPSA) is 71.8 Å². The van der Waals surface area contributed by atoms with Gasteiger partial charge in [-0.15, -0.1) is 0 Å². The maximum absolute atomic E-state index is 15.6. The van der Waals surface area contributed by atoms with E-state index in [0.717, 1.165) is 29.4 Å². The van der Waals surface area contributed by atoms with Crippen LogP contribution in [0.4, 0.5) is 25.1 Å². The first kappa shape index (κ1) is 24.9. The summed E-state index contributed by atoms with van der Waals surface area (Å²) in [6.07, 6.45) is 6.26. The van der Waals surface area contributed by atoms with Crippen molar-refractivity contribution in [1.82, 2.24) is 19.3 Å². The van der Waals surface area contributed by atoms with Crippen molar-refractivity contribution in [2.75, 3.05) is 18.4 Å². The van der Waals surface area contributed by atoms with E-state index in [4.69, 9.17) is 4.74 Å². The maximum Gasteiger partial charge on any atom is 0.410 e. The van der Waals surface area contributed by atoms with Gasteiger partial charge in [-0.25, -0.2) is 23.5 Å². The molecule has 1 aliphatic rings. The number of nitrogens with one attached hydrogen (secondary N) is 1. The monoisotopic (exact) mass is 507 g/mol. The summed E-state index contributed by atoms with van der Waals surface area (Å²) in [5.74, 6) is -0.418. The molecule has 4 aromatic rings. The zero-order chi connectivity index (χ0) is 26.5. The van der Waals surface area contributed by atoms with Gasteiger partial charge in [0.25, 0.3) is 0 Å². The first-order chi connectivity index (χ1) is 17.5. The summed E-state index contributed by atoms with van der Waals surface area (Å²) in [5.41, 5.74) is 2.58. The van der Waals surface area contributed by atoms with Crippen molar-refractivity contribution >= 4 is 34.0 Å². The van der Waals surface area contributed by atoms with Crippen LogP contribution < -0.4 is 5.32 Å². The Morgan fingerprint density at radius 3 is 2.51 bits per heavy atom. The molecule has 0 unspecified atom stereocenters. The zero-order valence-corrected chi connectivity index (χ0v) is 21.7. The molecule has 1 amide bonds. The van der Waals surface area contributed by atoms with Crippen LogP contribution in [0, 0.1) is 25.5 Å². The van der Waals surface area contributed by atoms with E-state index < -0.39 is 11.4 Å². The summed E-state index contributed by atoms with van der Waals surface area (Å²) in [7, 11) is 0. The number of rotatable bonds is 3. The normalized spacial score (nSPS) is 14.9. The van der Waals surface area contributed by atoms with Crippen LogP contribution in [0.1, 0.15) is 56.4 Å². The van der Waals surface area contributed by atoms with Crippen LogP contribution in [0.2, 0.25) is 0 Å². The van der Waals surface area contributed by atoms with Gasteiger partial charge in [0.05, 0.1) is 16.8 Å². The third-order valence-electron chi connectivity index (χ3n) is 6.67. The summed E-state index contributed by atoms with van der Waals surface area (Å²) in [4.78, 5) is 22.7. The number of benzene rings is 1. The van der Waals surface area contributed by atoms with Gasteiger partial charge in [-0.05, 0) is 76.0 Å². The Kier molecular flexibility index (Phi) is 6.25. The Morgan fingerprint density at radius 2 is 1.81 bits per heavy atom. The van der Waals surface area contributed by atoms with E-state index in [1.807, 2.05) is 33.8 Å². The number of aromatic nitrogens is 3. The third-order valence-corrected chi connectivity index (χ3v) is 6.67. The van der Waals surface area contributed by atoms with E-state index >= 15 is 4.39 Å². The van der Waals surface area contributed by atoms with Crippen LogP contribution in [0.3, 0.4) is 0 Å². The second-order valence-corrected chi connectivity index (χ2v) is 10.8. The van der Waals surface area contributed by atoms with Crippen molar-refractivity contribution in [2.24, 2.45) is 0 Å². The predicted molar refractivity (Wildman–Crippen MR) is 139 cm³/mol. The summed E-state index contributed by atoms with van der Waals surface area (Å²) >= 11 is 0. The highest BCUT2D eigenvalue weighted by molar-refractivity contribution is 5.96. The Labute approximate surface area is 214 Å². The molecule has 0 saturated carbocycles. The lowest BCUT2D eigenvalue weighted by Gasteiger charge is -2.33. The molecule has 0 spiro atoms. The average Bonchev–Trinajstić information content (AvgIpc) is 3.20. The molecule has 1 fully saturated rings. The molecule has 194 valence electrons. The maximum atomic E-state index is 15.6. The van der Waals surface area contributed by atoms with Crippen molar-refractivity contribution in [3.8, 4) is 0 Å². The van der Waals surface area contributed by atoms with Crippen LogP contribution in [0.25, 0.3) is 16.4 Å². The quantitative estimate of drug-likeness (QED) is 0.337. The average molecular weight is 508 g/mol. The first-order valence-electron chi connectivity index (χ1n) is 12.5. The Hall–Kier alpha value is -3.75. The molecule has 4 heterocycles. The summed E-state index contributed by atoms with van der Waals surface area (Å²) in [5, 5.41) is 4.21. The number of hydrogen-bond donors (Lipinski definition) is 1. The number of nitrogens with zero attached hydrogens (tertiary/aromatic N) is 4. The number of hydrogen-bond acceptors (Lipinski definition) is 5. The SMILES string of the molecule is Cc1cn2cc(Nc3ncc(C)c4cc(C5CCN(C(=O)OC(C)(C)C)CC5)cc(F)c34)cc(F)c2n1. The van der Waals surface area contributed by atoms with Gasteiger partial charge in [-0.2, -0.15) is 0 Å². The van der Waals surface area contributed by atoms with Crippen LogP contribution in [-0.4, -0.2) is 44.1 Å². The molecule has 7 nitrogen and oxygen atoms in total. The number of amides is 1. The van der Waals surface area contributed by atoms with E-state index in [-0.39, 0.29) is 23.5 Å². The Bertz CT molecular complexity index is 1500. The molecule has 0 bridgehead atoms. The summed E-state index contributed by atoms with van der Waals surface area (Å²) < 4.78 is 37.3. The molecule has 5 rings (SSSR count). The number of anilines is 2. The summed E-state index contributed by atoms with van der Waals surface area (Å²) in [6, 6.07) is 4.91. The molecule has 1 saturated heterocycles. The molecule has 37 heavy (non-hydrogen) atoms. The summed E-state index contributed by atoms with van der Waals surface area (Å²) in [6.45, 7) is 10.4. The van der Waals surface area contributed by atoms with Gasteiger partial charge in [0, 0.05) is 37.7 Å². The number of carbonyl (C=O) groups excluding carboxylic acids is 1. The van der Waals surface area contributed by atoms with Gasteiger partial charge in [0.15, 0.2) is 11.5 Å². The first-order valence-corrected chi connectivity index (χ1v) is 12.5. The second-order valence-electron chi connectivity index (χ2n) is 10.8. The van der Waals surface area contributed by atoms with E-state index in [1.165, 1.54) is 6.07 Å². The number of aryl methyl sites for hydroxylation is 2. The van der Waals surface area contributed by atoms with Crippen molar-refractivity contribution in [3.63, 3.8) is 0 Å². The molecule has 0 aliphatic carbocycles. The van der Waals surface area contributed by atoms with Gasteiger partial charge in [-0.3, -0.25) is 0 Å². The number of imidazole rings is 1. The minimum atomic E-state index is -0.540. The predicted octanol–water partition coefficient (Wildman–Crippen LogP) is 6.64.